The number of tetrazole rings is 1. The molecule has 6 nitrogen and oxygen atoms in total. The zero-order valence-corrected chi connectivity index (χ0v) is 17.7. The Hall–Kier alpha value is -1.61. The molecular formula is C17H16Cl2N4O2S2. The number of halogens is 2. The van der Waals surface area contributed by atoms with Crippen LogP contribution in [0.1, 0.15) is 11.1 Å². The maximum absolute atomic E-state index is 12.6. The maximum Gasteiger partial charge on any atom is 0.214 e. The van der Waals surface area contributed by atoms with Crippen molar-refractivity contribution in [1.29, 1.82) is 0 Å². The first-order valence-corrected chi connectivity index (χ1v) is 11.3. The van der Waals surface area contributed by atoms with Crippen LogP contribution in [-0.2, 0) is 9.84 Å². The topological polar surface area (TPSA) is 77.7 Å². The van der Waals surface area contributed by atoms with Gasteiger partial charge in [-0.25, -0.2) is 8.42 Å². The van der Waals surface area contributed by atoms with Crippen LogP contribution < -0.4 is 0 Å². The van der Waals surface area contributed by atoms with Crippen molar-refractivity contribution in [2.75, 3.05) is 11.5 Å². The maximum atomic E-state index is 12.6. The van der Waals surface area contributed by atoms with E-state index in [0.717, 1.165) is 16.8 Å². The number of benzene rings is 2. The minimum atomic E-state index is -3.57. The van der Waals surface area contributed by atoms with Gasteiger partial charge in [0.15, 0.2) is 9.84 Å². The predicted molar refractivity (Wildman–Crippen MR) is 108 cm³/mol. The third-order valence-electron chi connectivity index (χ3n) is 3.83. The Kier molecular flexibility index (Phi) is 6.10. The summed E-state index contributed by atoms with van der Waals surface area (Å²) < 4.78 is 26.7. The molecule has 0 amide bonds. The van der Waals surface area contributed by atoms with E-state index in [1.807, 2.05) is 32.0 Å². The third-order valence-corrected chi connectivity index (χ3v) is 7.44. The number of aryl methyl sites for hydroxylation is 2. The number of aromatic nitrogens is 4. The van der Waals surface area contributed by atoms with Gasteiger partial charge in [0.2, 0.25) is 5.16 Å². The molecule has 3 aromatic rings. The van der Waals surface area contributed by atoms with E-state index < -0.39 is 9.84 Å². The summed E-state index contributed by atoms with van der Waals surface area (Å²) in [5, 5.41) is 12.7. The van der Waals surface area contributed by atoms with Gasteiger partial charge < -0.3 is 0 Å². The van der Waals surface area contributed by atoms with E-state index in [9.17, 15) is 8.42 Å². The summed E-state index contributed by atoms with van der Waals surface area (Å²) in [5.41, 5.74) is 3.03. The van der Waals surface area contributed by atoms with Gasteiger partial charge in [-0.2, -0.15) is 4.68 Å². The van der Waals surface area contributed by atoms with E-state index in [-0.39, 0.29) is 21.4 Å². The fourth-order valence-corrected chi connectivity index (χ4v) is 5.87. The van der Waals surface area contributed by atoms with Crippen LogP contribution in [0.5, 0.6) is 0 Å². The number of nitrogens with zero attached hydrogens (tertiary/aromatic N) is 4. The minimum absolute atomic E-state index is 0.0336. The molecule has 3 rings (SSSR count). The van der Waals surface area contributed by atoms with Crippen LogP contribution in [0.4, 0.5) is 0 Å². The molecule has 0 aliphatic rings. The molecule has 10 heteroatoms. The molecule has 0 N–H and O–H groups in total. The number of hydrogen-bond donors (Lipinski definition) is 0. The average Bonchev–Trinajstić information content (AvgIpc) is 3.05. The summed E-state index contributed by atoms with van der Waals surface area (Å²) in [6, 6.07) is 10.3. The van der Waals surface area contributed by atoms with Crippen LogP contribution >= 0.6 is 35.0 Å². The standard InChI is InChI=1S/C17H16Cl2N4O2S2/c1-11-3-6-15(12(2)9-11)23-17(20-21-22-23)26-7-8-27(24,25)16-10-13(18)4-5-14(16)19/h3-6,9-10H,7-8H2,1-2H3. The summed E-state index contributed by atoms with van der Waals surface area (Å²) in [7, 11) is -3.57. The molecule has 0 aliphatic heterocycles. The third kappa shape index (κ3) is 4.63. The lowest BCUT2D eigenvalue weighted by atomic mass is 10.1. The molecule has 0 saturated carbocycles. The van der Waals surface area contributed by atoms with Crippen LogP contribution in [0.2, 0.25) is 10.0 Å². The molecule has 0 saturated heterocycles. The summed E-state index contributed by atoms with van der Waals surface area (Å²) in [4.78, 5) is 0.0336. The fraction of sp³-hybridized carbons (Fsp3) is 0.235. The number of hydrogen-bond acceptors (Lipinski definition) is 6. The highest BCUT2D eigenvalue weighted by molar-refractivity contribution is 8.00. The Morgan fingerprint density at radius 2 is 1.89 bits per heavy atom. The quantitative estimate of drug-likeness (QED) is 0.533. The highest BCUT2D eigenvalue weighted by Gasteiger charge is 2.20. The van der Waals surface area contributed by atoms with Gasteiger partial charge in [0, 0.05) is 10.8 Å². The molecule has 0 radical (unpaired) electrons. The Morgan fingerprint density at radius 3 is 2.63 bits per heavy atom. The van der Waals surface area contributed by atoms with Crippen molar-refractivity contribution in [3.8, 4) is 5.69 Å². The molecule has 0 bridgehead atoms. The van der Waals surface area contributed by atoms with Crippen LogP contribution in [0, 0.1) is 13.8 Å². The van der Waals surface area contributed by atoms with Gasteiger partial charge in [-0.3, -0.25) is 0 Å². The molecule has 2 aromatic carbocycles. The van der Waals surface area contributed by atoms with Crippen molar-refractivity contribution in [2.24, 2.45) is 0 Å². The van der Waals surface area contributed by atoms with Gasteiger partial charge in [0.25, 0.3) is 0 Å². The second kappa shape index (κ2) is 8.18. The van der Waals surface area contributed by atoms with E-state index in [1.54, 1.807) is 10.7 Å². The summed E-state index contributed by atoms with van der Waals surface area (Å²) in [5.74, 6) is 0.161. The van der Waals surface area contributed by atoms with Crippen molar-refractivity contribution in [3.05, 3.63) is 57.6 Å². The summed E-state index contributed by atoms with van der Waals surface area (Å²) in [6.45, 7) is 3.99. The fourth-order valence-electron chi connectivity index (χ4n) is 2.53. The van der Waals surface area contributed by atoms with E-state index in [1.165, 1.54) is 23.9 Å². The van der Waals surface area contributed by atoms with Crippen LogP contribution in [0.3, 0.4) is 0 Å². The van der Waals surface area contributed by atoms with Crippen LogP contribution in [0.15, 0.2) is 46.5 Å². The lowest BCUT2D eigenvalue weighted by molar-refractivity contribution is 0.597. The molecule has 0 spiro atoms. The first-order valence-electron chi connectivity index (χ1n) is 7.94. The predicted octanol–water partition coefficient (Wildman–Crippen LogP) is 4.15. The van der Waals surface area contributed by atoms with Crippen molar-refractivity contribution in [1.82, 2.24) is 20.2 Å². The molecule has 1 heterocycles. The Labute approximate surface area is 171 Å². The second-order valence-corrected chi connectivity index (χ2v) is 9.89. The molecular weight excluding hydrogens is 427 g/mol. The van der Waals surface area contributed by atoms with Crippen molar-refractivity contribution >= 4 is 44.8 Å². The summed E-state index contributed by atoms with van der Waals surface area (Å²) >= 11 is 13.2. The normalized spacial score (nSPS) is 11.7. The van der Waals surface area contributed by atoms with Crippen molar-refractivity contribution in [2.45, 2.75) is 23.9 Å². The molecule has 0 aliphatic carbocycles. The second-order valence-electron chi connectivity index (χ2n) is 5.91. The SMILES string of the molecule is Cc1ccc(-n2nnnc2SCCS(=O)(=O)c2cc(Cl)ccc2Cl)c(C)c1. The largest absolute Gasteiger partial charge is 0.224 e. The number of rotatable bonds is 6. The molecule has 142 valence electrons. The highest BCUT2D eigenvalue weighted by Crippen LogP contribution is 2.27. The smallest absolute Gasteiger partial charge is 0.214 e. The molecule has 0 atom stereocenters. The molecule has 1 aromatic heterocycles. The van der Waals surface area contributed by atoms with Crippen LogP contribution in [0.25, 0.3) is 5.69 Å². The number of sulfone groups is 1. The molecule has 0 unspecified atom stereocenters. The Bertz CT molecular complexity index is 1080. The summed E-state index contributed by atoms with van der Waals surface area (Å²) in [6.07, 6.45) is 0. The van der Waals surface area contributed by atoms with Crippen LogP contribution in [-0.4, -0.2) is 40.1 Å². The Balaban J connectivity index is 1.75. The van der Waals surface area contributed by atoms with Gasteiger partial charge in [0.1, 0.15) is 0 Å². The van der Waals surface area contributed by atoms with E-state index >= 15 is 0 Å². The van der Waals surface area contributed by atoms with Gasteiger partial charge in [-0.15, -0.1) is 5.10 Å². The van der Waals surface area contributed by atoms with Gasteiger partial charge in [-0.1, -0.05) is 52.7 Å². The van der Waals surface area contributed by atoms with E-state index in [2.05, 4.69) is 15.5 Å². The average molecular weight is 443 g/mol. The zero-order valence-electron chi connectivity index (χ0n) is 14.6. The molecule has 0 fully saturated rings. The van der Waals surface area contributed by atoms with Crippen molar-refractivity contribution in [3.63, 3.8) is 0 Å². The highest BCUT2D eigenvalue weighted by atomic mass is 35.5. The first kappa shape index (κ1) is 20.1. The van der Waals surface area contributed by atoms with Gasteiger partial charge in [0.05, 0.1) is 21.4 Å². The van der Waals surface area contributed by atoms with Gasteiger partial charge >= 0.3 is 0 Å². The minimum Gasteiger partial charge on any atom is -0.224 e. The number of thioether (sulfide) groups is 1. The lowest BCUT2D eigenvalue weighted by Gasteiger charge is -2.09. The van der Waals surface area contributed by atoms with Gasteiger partial charge in [-0.05, 0) is 54.1 Å². The Morgan fingerprint density at radius 1 is 1.11 bits per heavy atom. The zero-order chi connectivity index (χ0) is 19.6. The van der Waals surface area contributed by atoms with E-state index in [0.29, 0.717) is 10.2 Å². The lowest BCUT2D eigenvalue weighted by Crippen LogP contribution is -2.10. The van der Waals surface area contributed by atoms with Crippen molar-refractivity contribution < 1.29 is 8.42 Å². The first-order chi connectivity index (χ1) is 12.8. The monoisotopic (exact) mass is 442 g/mol. The van der Waals surface area contributed by atoms with E-state index in [4.69, 9.17) is 23.2 Å². The molecule has 27 heavy (non-hydrogen) atoms.